The van der Waals surface area contributed by atoms with Crippen molar-refractivity contribution in [2.75, 3.05) is 16.8 Å². The Bertz CT molecular complexity index is 751. The number of allylic oxidation sites excluding steroid dienone is 1. The predicted octanol–water partition coefficient (Wildman–Crippen LogP) is 2.69. The van der Waals surface area contributed by atoms with Crippen molar-refractivity contribution in [2.45, 2.75) is 46.9 Å². The van der Waals surface area contributed by atoms with Crippen LogP contribution in [0, 0.1) is 13.8 Å². The molecular formula is C18H22N2O3. The number of fused-ring (bicyclic) bond motifs is 2. The van der Waals surface area contributed by atoms with Crippen molar-refractivity contribution in [1.82, 2.24) is 0 Å². The number of Topliss-reactive ketones (excluding diaryl/α,β-unsaturated/α-hetero) is 1. The summed E-state index contributed by atoms with van der Waals surface area (Å²) < 4.78 is 5.96. The highest BCUT2D eigenvalue weighted by molar-refractivity contribution is 6.04. The molecule has 0 radical (unpaired) electrons. The number of amides is 1. The first-order chi connectivity index (χ1) is 10.7. The molecule has 1 aromatic rings. The van der Waals surface area contributed by atoms with E-state index in [0.29, 0.717) is 11.3 Å². The third kappa shape index (κ3) is 2.14. The zero-order valence-electron chi connectivity index (χ0n) is 14.4. The Hall–Kier alpha value is -2.30. The van der Waals surface area contributed by atoms with E-state index >= 15 is 0 Å². The van der Waals surface area contributed by atoms with Crippen LogP contribution in [0.4, 0.5) is 11.4 Å². The number of carbonyl (C=O) groups is 2. The first-order valence-electron chi connectivity index (χ1n) is 7.76. The van der Waals surface area contributed by atoms with Crippen molar-refractivity contribution >= 4 is 23.1 Å². The molecule has 2 unspecified atom stereocenters. The van der Waals surface area contributed by atoms with Crippen LogP contribution in [-0.4, -0.2) is 31.0 Å². The van der Waals surface area contributed by atoms with Gasteiger partial charge in [0.15, 0.2) is 12.0 Å². The summed E-state index contributed by atoms with van der Waals surface area (Å²) in [6.07, 6.45) is -0.369. The van der Waals surface area contributed by atoms with E-state index in [4.69, 9.17) is 4.74 Å². The maximum absolute atomic E-state index is 12.4. The van der Waals surface area contributed by atoms with E-state index in [2.05, 4.69) is 12.1 Å². The number of ketones is 1. The van der Waals surface area contributed by atoms with Crippen LogP contribution < -0.4 is 9.80 Å². The topological polar surface area (TPSA) is 49.9 Å². The van der Waals surface area contributed by atoms with Gasteiger partial charge in [-0.25, -0.2) is 0 Å². The zero-order chi connectivity index (χ0) is 17.0. The lowest BCUT2D eigenvalue weighted by Crippen LogP contribution is -2.56. The highest BCUT2D eigenvalue weighted by Crippen LogP contribution is 2.46. The molecule has 23 heavy (non-hydrogen) atoms. The third-order valence-electron chi connectivity index (χ3n) is 4.67. The van der Waals surface area contributed by atoms with Crippen LogP contribution in [0.3, 0.4) is 0 Å². The molecule has 5 heteroatoms. The molecule has 0 aliphatic carbocycles. The summed E-state index contributed by atoms with van der Waals surface area (Å²) in [4.78, 5) is 28.3. The van der Waals surface area contributed by atoms with Gasteiger partial charge in [0.25, 0.3) is 0 Å². The van der Waals surface area contributed by atoms with Crippen molar-refractivity contribution in [3.8, 4) is 0 Å². The van der Waals surface area contributed by atoms with Crippen molar-refractivity contribution < 1.29 is 14.3 Å². The van der Waals surface area contributed by atoms with Gasteiger partial charge in [-0.15, -0.1) is 0 Å². The van der Waals surface area contributed by atoms with E-state index in [1.165, 1.54) is 13.8 Å². The fraction of sp³-hybridized carbons (Fsp3) is 0.444. The van der Waals surface area contributed by atoms with Crippen molar-refractivity contribution in [2.24, 2.45) is 0 Å². The maximum atomic E-state index is 12.4. The minimum Gasteiger partial charge on any atom is -0.472 e. The van der Waals surface area contributed by atoms with Crippen LogP contribution in [0.15, 0.2) is 23.5 Å². The first kappa shape index (κ1) is 15.6. The molecule has 0 N–H and O–H groups in total. The summed E-state index contributed by atoms with van der Waals surface area (Å²) in [6.45, 7) is 8.89. The molecule has 2 atom stereocenters. The summed E-state index contributed by atoms with van der Waals surface area (Å²) >= 11 is 0. The normalized spacial score (nSPS) is 22.7. The SMILES string of the molecule is CC(=O)C1=C(C)OC2C1N(C(C)=O)c1c(C)cc(C)cc1N2C. The maximum Gasteiger partial charge on any atom is 0.224 e. The number of nitrogens with zero attached hydrogens (tertiary/aromatic N) is 2. The van der Waals surface area contributed by atoms with Gasteiger partial charge in [-0.3, -0.25) is 14.5 Å². The summed E-state index contributed by atoms with van der Waals surface area (Å²) in [5, 5.41) is 0. The molecule has 1 aromatic carbocycles. The highest BCUT2D eigenvalue weighted by atomic mass is 16.5. The Kier molecular flexibility index (Phi) is 3.47. The minimum absolute atomic E-state index is 0.0529. The van der Waals surface area contributed by atoms with Gasteiger partial charge in [0, 0.05) is 14.0 Å². The Morgan fingerprint density at radius 1 is 1.13 bits per heavy atom. The van der Waals surface area contributed by atoms with E-state index in [1.54, 1.807) is 11.8 Å². The largest absolute Gasteiger partial charge is 0.472 e. The lowest BCUT2D eigenvalue weighted by Gasteiger charge is -2.44. The molecule has 1 amide bonds. The average molecular weight is 314 g/mol. The van der Waals surface area contributed by atoms with Crippen molar-refractivity contribution in [3.05, 3.63) is 34.6 Å². The zero-order valence-corrected chi connectivity index (χ0v) is 14.4. The molecule has 0 spiro atoms. The molecule has 2 aliphatic rings. The van der Waals surface area contributed by atoms with Crippen LogP contribution in [0.5, 0.6) is 0 Å². The Morgan fingerprint density at radius 2 is 1.78 bits per heavy atom. The molecule has 0 fully saturated rings. The van der Waals surface area contributed by atoms with Gasteiger partial charge in [0.05, 0.1) is 16.9 Å². The monoisotopic (exact) mass is 314 g/mol. The van der Waals surface area contributed by atoms with E-state index < -0.39 is 6.04 Å². The van der Waals surface area contributed by atoms with Gasteiger partial charge in [0.1, 0.15) is 11.8 Å². The van der Waals surface area contributed by atoms with Gasteiger partial charge in [0.2, 0.25) is 5.91 Å². The van der Waals surface area contributed by atoms with Crippen LogP contribution in [-0.2, 0) is 14.3 Å². The highest BCUT2D eigenvalue weighted by Gasteiger charge is 2.49. The number of rotatable bonds is 1. The number of anilines is 2. The van der Waals surface area contributed by atoms with Gasteiger partial charge in [-0.05, 0) is 44.9 Å². The summed E-state index contributed by atoms with van der Waals surface area (Å²) in [6, 6.07) is 3.71. The Morgan fingerprint density at radius 3 is 2.35 bits per heavy atom. The molecule has 0 saturated heterocycles. The average Bonchev–Trinajstić information content (AvgIpc) is 2.77. The van der Waals surface area contributed by atoms with Crippen LogP contribution in [0.2, 0.25) is 0 Å². The Labute approximate surface area is 136 Å². The predicted molar refractivity (Wildman–Crippen MR) is 89.5 cm³/mol. The van der Waals surface area contributed by atoms with Crippen LogP contribution in [0.25, 0.3) is 0 Å². The van der Waals surface area contributed by atoms with Crippen molar-refractivity contribution in [1.29, 1.82) is 0 Å². The van der Waals surface area contributed by atoms with E-state index in [-0.39, 0.29) is 17.9 Å². The van der Waals surface area contributed by atoms with Gasteiger partial charge < -0.3 is 9.64 Å². The molecule has 0 bridgehead atoms. The van der Waals surface area contributed by atoms with Crippen molar-refractivity contribution in [3.63, 3.8) is 0 Å². The molecular weight excluding hydrogens is 292 g/mol. The van der Waals surface area contributed by atoms with Crippen LogP contribution in [0.1, 0.15) is 31.9 Å². The van der Waals surface area contributed by atoms with Crippen LogP contribution >= 0.6 is 0 Å². The molecule has 0 aromatic heterocycles. The fourth-order valence-corrected chi connectivity index (χ4v) is 3.81. The number of hydrogen-bond donors (Lipinski definition) is 0. The number of aryl methyl sites for hydroxylation is 2. The second-order valence-electron chi connectivity index (χ2n) is 6.43. The first-order valence-corrected chi connectivity index (χ1v) is 7.76. The molecule has 5 nitrogen and oxygen atoms in total. The van der Waals surface area contributed by atoms with E-state index in [1.807, 2.05) is 25.8 Å². The second kappa shape index (κ2) is 5.11. The summed E-state index contributed by atoms with van der Waals surface area (Å²) in [7, 11) is 1.95. The van der Waals surface area contributed by atoms with E-state index in [0.717, 1.165) is 22.5 Å². The van der Waals surface area contributed by atoms with Gasteiger partial charge >= 0.3 is 0 Å². The molecule has 2 aliphatic heterocycles. The lowest BCUT2D eigenvalue weighted by molar-refractivity contribution is -0.117. The smallest absolute Gasteiger partial charge is 0.224 e. The number of ether oxygens (including phenoxy) is 1. The number of likely N-dealkylation sites (N-methyl/N-ethyl adjacent to an activating group) is 1. The minimum atomic E-state index is -0.399. The molecule has 3 rings (SSSR count). The third-order valence-corrected chi connectivity index (χ3v) is 4.67. The number of hydrogen-bond acceptors (Lipinski definition) is 4. The molecule has 122 valence electrons. The standard InChI is InChI=1S/C18H22N2O3/c1-9-7-10(2)16-14(8-9)19(6)18-17(20(16)13(5)22)15(11(3)21)12(4)23-18/h7-8,17-18H,1-6H3. The van der Waals surface area contributed by atoms with Gasteiger partial charge in [-0.2, -0.15) is 0 Å². The summed E-state index contributed by atoms with van der Waals surface area (Å²) in [5.41, 5.74) is 4.56. The lowest BCUT2D eigenvalue weighted by atomic mass is 9.94. The second-order valence-corrected chi connectivity index (χ2v) is 6.43. The fourth-order valence-electron chi connectivity index (χ4n) is 3.81. The quantitative estimate of drug-likeness (QED) is 0.800. The van der Waals surface area contributed by atoms with E-state index in [9.17, 15) is 9.59 Å². The van der Waals surface area contributed by atoms with Gasteiger partial charge in [-0.1, -0.05) is 6.07 Å². The molecule has 0 saturated carbocycles. The number of carbonyl (C=O) groups excluding carboxylic acids is 2. The number of benzene rings is 1. The summed E-state index contributed by atoms with van der Waals surface area (Å²) in [5.74, 6) is 0.467. The Balaban J connectivity index is 2.27. The molecule has 2 heterocycles.